The van der Waals surface area contributed by atoms with E-state index in [1.807, 2.05) is 19.1 Å². The molecule has 2 N–H and O–H groups in total. The summed E-state index contributed by atoms with van der Waals surface area (Å²) in [4.78, 5) is 4.13. The van der Waals surface area contributed by atoms with Gasteiger partial charge in [0.05, 0.1) is 17.8 Å². The Labute approximate surface area is 110 Å². The van der Waals surface area contributed by atoms with Crippen LogP contribution in [0.2, 0.25) is 5.02 Å². The highest BCUT2D eigenvalue weighted by Gasteiger charge is 2.07. The molecule has 0 unspecified atom stereocenters. The number of nitrogen functional groups attached to an aromatic ring is 1. The fourth-order valence-corrected chi connectivity index (χ4v) is 1.61. The minimum Gasteiger partial charge on any atom is -0.479 e. The first kappa shape index (κ1) is 12.5. The molecule has 0 aliphatic rings. The molecule has 4 nitrogen and oxygen atoms in total. The van der Waals surface area contributed by atoms with Crippen LogP contribution in [0.1, 0.15) is 5.56 Å². The van der Waals surface area contributed by atoms with Crippen molar-refractivity contribution in [2.24, 2.45) is 0 Å². The quantitative estimate of drug-likeness (QED) is 0.923. The molecule has 0 fully saturated rings. The molecule has 1 aromatic heterocycles. The summed E-state index contributed by atoms with van der Waals surface area (Å²) >= 11 is 6.04. The van der Waals surface area contributed by atoms with Crippen LogP contribution >= 0.6 is 11.6 Å². The molecule has 0 bridgehead atoms. The first-order valence-corrected chi connectivity index (χ1v) is 5.72. The maximum atomic E-state index is 6.04. The Morgan fingerprint density at radius 3 is 2.72 bits per heavy atom. The lowest BCUT2D eigenvalue weighted by atomic mass is 10.2. The normalized spacial score (nSPS) is 10.2. The summed E-state index contributed by atoms with van der Waals surface area (Å²) in [7, 11) is 1.50. The predicted molar refractivity (Wildman–Crippen MR) is 71.5 cm³/mol. The Kier molecular flexibility index (Phi) is 3.58. The molecule has 0 spiro atoms. The topological polar surface area (TPSA) is 57.4 Å². The second-order valence-corrected chi connectivity index (χ2v) is 4.19. The molecule has 0 saturated carbocycles. The Morgan fingerprint density at radius 2 is 2.00 bits per heavy atom. The van der Waals surface area contributed by atoms with E-state index in [2.05, 4.69) is 4.98 Å². The van der Waals surface area contributed by atoms with E-state index in [0.29, 0.717) is 28.2 Å². The van der Waals surface area contributed by atoms with Crippen molar-refractivity contribution in [1.29, 1.82) is 0 Å². The third kappa shape index (κ3) is 2.65. The summed E-state index contributed by atoms with van der Waals surface area (Å²) in [6, 6.07) is 8.86. The average molecular weight is 265 g/mol. The number of halogens is 1. The van der Waals surface area contributed by atoms with Crippen molar-refractivity contribution >= 4 is 17.3 Å². The number of pyridine rings is 1. The van der Waals surface area contributed by atoms with E-state index < -0.39 is 0 Å². The van der Waals surface area contributed by atoms with Crippen molar-refractivity contribution in [3.63, 3.8) is 0 Å². The zero-order chi connectivity index (χ0) is 13.1. The van der Waals surface area contributed by atoms with E-state index in [4.69, 9.17) is 26.8 Å². The summed E-state index contributed by atoms with van der Waals surface area (Å²) in [5.41, 5.74) is 7.19. The van der Waals surface area contributed by atoms with Gasteiger partial charge in [0.15, 0.2) is 0 Å². The highest BCUT2D eigenvalue weighted by atomic mass is 35.5. The third-order valence-electron chi connectivity index (χ3n) is 2.36. The summed E-state index contributed by atoms with van der Waals surface area (Å²) in [6.07, 6.45) is 0. The van der Waals surface area contributed by atoms with Gasteiger partial charge in [0, 0.05) is 6.07 Å². The summed E-state index contributed by atoms with van der Waals surface area (Å²) < 4.78 is 10.6. The zero-order valence-corrected chi connectivity index (χ0v) is 10.9. The Morgan fingerprint density at radius 1 is 1.22 bits per heavy atom. The van der Waals surface area contributed by atoms with Gasteiger partial charge in [0.25, 0.3) is 0 Å². The maximum Gasteiger partial charge on any atom is 0.240 e. The van der Waals surface area contributed by atoms with Gasteiger partial charge in [-0.3, -0.25) is 0 Å². The van der Waals surface area contributed by atoms with Crippen molar-refractivity contribution in [3.05, 3.63) is 40.9 Å². The molecule has 0 amide bonds. The van der Waals surface area contributed by atoms with Gasteiger partial charge >= 0.3 is 0 Å². The van der Waals surface area contributed by atoms with E-state index in [1.165, 1.54) is 7.11 Å². The van der Waals surface area contributed by atoms with Gasteiger partial charge in [-0.05, 0) is 30.7 Å². The van der Waals surface area contributed by atoms with Crippen LogP contribution < -0.4 is 15.2 Å². The Hall–Kier alpha value is -1.94. The van der Waals surface area contributed by atoms with Crippen molar-refractivity contribution in [2.75, 3.05) is 12.8 Å². The minimum absolute atomic E-state index is 0.330. The molecule has 0 aliphatic heterocycles. The number of hydrogen-bond acceptors (Lipinski definition) is 4. The Bertz CT molecular complexity index is 573. The van der Waals surface area contributed by atoms with Gasteiger partial charge in [0.1, 0.15) is 5.75 Å². The number of aromatic nitrogens is 1. The second-order valence-electron chi connectivity index (χ2n) is 3.78. The molecular formula is C13H13ClN2O2. The van der Waals surface area contributed by atoms with Crippen LogP contribution in [0.3, 0.4) is 0 Å². The zero-order valence-electron chi connectivity index (χ0n) is 10.1. The minimum atomic E-state index is 0.330. The predicted octanol–water partition coefficient (Wildman–Crippen LogP) is 3.43. The van der Waals surface area contributed by atoms with Gasteiger partial charge in [-0.15, -0.1) is 0 Å². The SMILES string of the molecule is COc1nc(Oc2cc(C)ccc2Cl)ccc1N. The highest BCUT2D eigenvalue weighted by molar-refractivity contribution is 6.32. The van der Waals surface area contributed by atoms with Crippen LogP contribution in [0.4, 0.5) is 5.69 Å². The lowest BCUT2D eigenvalue weighted by Crippen LogP contribution is -1.97. The standard InChI is InChI=1S/C13H13ClN2O2/c1-8-3-4-9(14)11(7-8)18-12-6-5-10(15)13(16-12)17-2/h3-7H,15H2,1-2H3. The van der Waals surface area contributed by atoms with Crippen molar-refractivity contribution in [3.8, 4) is 17.5 Å². The monoisotopic (exact) mass is 264 g/mol. The van der Waals surface area contributed by atoms with Gasteiger partial charge in [-0.25, -0.2) is 0 Å². The van der Waals surface area contributed by atoms with Crippen LogP contribution in [-0.2, 0) is 0 Å². The lowest BCUT2D eigenvalue weighted by Gasteiger charge is -2.09. The maximum absolute atomic E-state index is 6.04. The fourth-order valence-electron chi connectivity index (χ4n) is 1.46. The first-order chi connectivity index (χ1) is 8.60. The smallest absolute Gasteiger partial charge is 0.240 e. The van der Waals surface area contributed by atoms with E-state index in [-0.39, 0.29) is 0 Å². The molecule has 0 radical (unpaired) electrons. The number of ether oxygens (including phenoxy) is 2. The molecule has 18 heavy (non-hydrogen) atoms. The summed E-state index contributed by atoms with van der Waals surface area (Å²) in [5.74, 6) is 1.26. The molecule has 2 aromatic rings. The lowest BCUT2D eigenvalue weighted by molar-refractivity contribution is 0.385. The van der Waals surface area contributed by atoms with E-state index in [0.717, 1.165) is 5.56 Å². The van der Waals surface area contributed by atoms with Gasteiger partial charge in [0.2, 0.25) is 11.8 Å². The molecule has 0 aliphatic carbocycles. The number of hydrogen-bond donors (Lipinski definition) is 1. The average Bonchev–Trinajstić information content (AvgIpc) is 2.36. The third-order valence-corrected chi connectivity index (χ3v) is 2.67. The fraction of sp³-hybridized carbons (Fsp3) is 0.154. The van der Waals surface area contributed by atoms with Crippen LogP contribution in [0.15, 0.2) is 30.3 Å². The van der Waals surface area contributed by atoms with E-state index >= 15 is 0 Å². The van der Waals surface area contributed by atoms with Crippen LogP contribution in [-0.4, -0.2) is 12.1 Å². The molecule has 0 saturated heterocycles. The van der Waals surface area contributed by atoms with Crippen LogP contribution in [0.25, 0.3) is 0 Å². The van der Waals surface area contributed by atoms with Gasteiger partial charge in [-0.2, -0.15) is 4.98 Å². The number of aryl methyl sites for hydroxylation is 1. The van der Waals surface area contributed by atoms with Crippen LogP contribution in [0, 0.1) is 6.92 Å². The number of anilines is 1. The molecule has 1 heterocycles. The van der Waals surface area contributed by atoms with E-state index in [1.54, 1.807) is 18.2 Å². The van der Waals surface area contributed by atoms with Crippen molar-refractivity contribution in [2.45, 2.75) is 6.92 Å². The number of methoxy groups -OCH3 is 1. The van der Waals surface area contributed by atoms with Crippen molar-refractivity contribution in [1.82, 2.24) is 4.98 Å². The van der Waals surface area contributed by atoms with Gasteiger partial charge in [-0.1, -0.05) is 17.7 Å². The number of nitrogens with zero attached hydrogens (tertiary/aromatic N) is 1. The largest absolute Gasteiger partial charge is 0.479 e. The molecule has 94 valence electrons. The summed E-state index contributed by atoms with van der Waals surface area (Å²) in [5, 5.41) is 0.526. The van der Waals surface area contributed by atoms with Crippen molar-refractivity contribution < 1.29 is 9.47 Å². The molecular weight excluding hydrogens is 252 g/mol. The number of nitrogens with two attached hydrogens (primary N) is 1. The molecule has 1 aromatic carbocycles. The second kappa shape index (κ2) is 5.14. The first-order valence-electron chi connectivity index (χ1n) is 5.34. The highest BCUT2D eigenvalue weighted by Crippen LogP contribution is 2.31. The Balaban J connectivity index is 2.31. The van der Waals surface area contributed by atoms with Crippen LogP contribution in [0.5, 0.6) is 17.5 Å². The van der Waals surface area contributed by atoms with Gasteiger partial charge < -0.3 is 15.2 Å². The summed E-state index contributed by atoms with van der Waals surface area (Å²) in [6.45, 7) is 1.96. The number of rotatable bonds is 3. The van der Waals surface area contributed by atoms with E-state index in [9.17, 15) is 0 Å². The molecule has 0 atom stereocenters. The number of benzene rings is 1. The molecule has 5 heteroatoms. The molecule has 2 rings (SSSR count).